The average Bonchev–Trinajstić information content (AvgIpc) is 2.16. The van der Waals surface area contributed by atoms with Crippen LogP contribution in [0.5, 0.6) is 0 Å². The Morgan fingerprint density at radius 2 is 2.46 bits per heavy atom. The first-order chi connectivity index (χ1) is 6.16. The highest BCUT2D eigenvalue weighted by Crippen LogP contribution is 2.12. The molecule has 0 saturated carbocycles. The number of nitrogens with two attached hydrogens (primary N) is 1. The Morgan fingerprint density at radius 1 is 1.77 bits per heavy atom. The molecule has 1 rings (SSSR count). The summed E-state index contributed by atoms with van der Waals surface area (Å²) >= 11 is 0. The van der Waals surface area contributed by atoms with E-state index in [2.05, 4.69) is 4.98 Å². The van der Waals surface area contributed by atoms with Gasteiger partial charge in [-0.3, -0.25) is 4.79 Å². The zero-order valence-electron chi connectivity index (χ0n) is 6.64. The predicted molar refractivity (Wildman–Crippen MR) is 43.5 cm³/mol. The Balaban J connectivity index is 3.15. The molecular weight excluding hydrogens is 170 g/mol. The number of hydrogen-bond donors (Lipinski definition) is 2. The molecule has 0 aliphatic rings. The van der Waals surface area contributed by atoms with Crippen molar-refractivity contribution in [3.8, 4) is 6.07 Å². The third-order valence-electron chi connectivity index (χ3n) is 1.55. The minimum absolute atomic E-state index is 0.0531. The molecule has 1 aromatic heterocycles. The lowest BCUT2D eigenvalue weighted by Crippen LogP contribution is -2.21. The number of carboxylic acids is 1. The maximum absolute atomic E-state index is 10.5. The lowest BCUT2D eigenvalue weighted by molar-refractivity contribution is -0.138. The molecule has 0 bridgehead atoms. The van der Waals surface area contributed by atoms with Crippen LogP contribution in [0.4, 0.5) is 0 Å². The molecule has 1 heterocycles. The first-order valence-electron chi connectivity index (χ1n) is 3.50. The van der Waals surface area contributed by atoms with Gasteiger partial charge in [0, 0.05) is 11.8 Å². The van der Waals surface area contributed by atoms with Crippen LogP contribution >= 0.6 is 0 Å². The Hall–Kier alpha value is -1.93. The van der Waals surface area contributed by atoms with Gasteiger partial charge in [-0.15, -0.1) is 0 Å². The first-order valence-corrected chi connectivity index (χ1v) is 3.50. The van der Waals surface area contributed by atoms with Crippen molar-refractivity contribution in [2.24, 2.45) is 5.73 Å². The minimum atomic E-state index is -1.19. The van der Waals surface area contributed by atoms with E-state index in [1.54, 1.807) is 12.1 Å². The lowest BCUT2D eigenvalue weighted by Gasteiger charge is -2.06. The smallest absolute Gasteiger partial charge is 0.325 e. The van der Waals surface area contributed by atoms with Crippen molar-refractivity contribution in [3.63, 3.8) is 0 Å². The number of hydrogen-bond acceptors (Lipinski definition) is 4. The highest BCUT2D eigenvalue weighted by atomic mass is 16.4. The third kappa shape index (κ3) is 1.80. The molecule has 0 aliphatic heterocycles. The predicted octanol–water partition coefficient (Wildman–Crippen LogP) is 0.0377. The Morgan fingerprint density at radius 3 is 3.00 bits per heavy atom. The second kappa shape index (κ2) is 3.65. The summed E-state index contributed by atoms with van der Waals surface area (Å²) in [6.45, 7) is 0. The molecule has 5 heteroatoms. The Bertz CT molecular complexity index is 370. The fourth-order valence-corrected chi connectivity index (χ4v) is 0.895. The summed E-state index contributed by atoms with van der Waals surface area (Å²) in [6.07, 6.45) is 1.41. The summed E-state index contributed by atoms with van der Waals surface area (Å²) in [7, 11) is 0. The van der Waals surface area contributed by atoms with E-state index < -0.39 is 12.0 Å². The van der Waals surface area contributed by atoms with Crippen LogP contribution in [0.2, 0.25) is 0 Å². The van der Waals surface area contributed by atoms with Crippen LogP contribution in [-0.2, 0) is 4.79 Å². The highest BCUT2D eigenvalue weighted by Gasteiger charge is 2.17. The molecule has 0 unspecified atom stereocenters. The van der Waals surface area contributed by atoms with Crippen molar-refractivity contribution >= 4 is 5.97 Å². The molecule has 0 radical (unpaired) electrons. The second-order valence-electron chi connectivity index (χ2n) is 2.37. The molecule has 0 amide bonds. The van der Waals surface area contributed by atoms with Crippen molar-refractivity contribution in [1.29, 1.82) is 5.26 Å². The van der Waals surface area contributed by atoms with Crippen LogP contribution in [0.15, 0.2) is 18.3 Å². The standard InChI is InChI=1S/C8H7N3O2/c9-4-6-5(2-1-3-11-6)7(10)8(12)13/h1-3,7H,10H2,(H,12,13)/t7-/m0/s1. The van der Waals surface area contributed by atoms with Gasteiger partial charge in [-0.25, -0.2) is 4.98 Å². The minimum Gasteiger partial charge on any atom is -0.480 e. The van der Waals surface area contributed by atoms with Gasteiger partial charge >= 0.3 is 5.97 Å². The maximum Gasteiger partial charge on any atom is 0.325 e. The van der Waals surface area contributed by atoms with E-state index >= 15 is 0 Å². The number of carbonyl (C=O) groups is 1. The maximum atomic E-state index is 10.5. The quantitative estimate of drug-likeness (QED) is 0.664. The third-order valence-corrected chi connectivity index (χ3v) is 1.55. The first kappa shape index (κ1) is 9.16. The number of rotatable bonds is 2. The fraction of sp³-hybridized carbons (Fsp3) is 0.125. The number of aliphatic carboxylic acids is 1. The van der Waals surface area contributed by atoms with Crippen molar-refractivity contribution < 1.29 is 9.90 Å². The molecule has 0 aromatic carbocycles. The van der Waals surface area contributed by atoms with E-state index in [-0.39, 0.29) is 11.3 Å². The molecule has 0 saturated heterocycles. The molecule has 1 atom stereocenters. The molecule has 0 fully saturated rings. The zero-order valence-corrected chi connectivity index (χ0v) is 6.64. The second-order valence-corrected chi connectivity index (χ2v) is 2.37. The molecule has 66 valence electrons. The number of carboxylic acid groups (broad SMARTS) is 1. The van der Waals surface area contributed by atoms with E-state index in [0.29, 0.717) is 0 Å². The van der Waals surface area contributed by atoms with Gasteiger partial charge < -0.3 is 10.8 Å². The van der Waals surface area contributed by atoms with Crippen LogP contribution in [0.1, 0.15) is 17.3 Å². The van der Waals surface area contributed by atoms with Gasteiger partial charge in [0.1, 0.15) is 17.8 Å². The van der Waals surface area contributed by atoms with Crippen LogP contribution < -0.4 is 5.73 Å². The van der Waals surface area contributed by atoms with Crippen LogP contribution in [0.3, 0.4) is 0 Å². The Labute approximate surface area is 74.4 Å². The van der Waals surface area contributed by atoms with Crippen molar-refractivity contribution in [2.45, 2.75) is 6.04 Å². The van der Waals surface area contributed by atoms with Crippen LogP contribution in [-0.4, -0.2) is 16.1 Å². The van der Waals surface area contributed by atoms with Gasteiger partial charge in [0.25, 0.3) is 0 Å². The van der Waals surface area contributed by atoms with E-state index in [4.69, 9.17) is 16.1 Å². The van der Waals surface area contributed by atoms with Crippen molar-refractivity contribution in [3.05, 3.63) is 29.6 Å². The average molecular weight is 177 g/mol. The molecule has 5 nitrogen and oxygen atoms in total. The van der Waals surface area contributed by atoms with Crippen LogP contribution in [0.25, 0.3) is 0 Å². The number of nitrogens with zero attached hydrogens (tertiary/aromatic N) is 2. The van der Waals surface area contributed by atoms with Gasteiger partial charge in [-0.05, 0) is 6.07 Å². The van der Waals surface area contributed by atoms with Crippen molar-refractivity contribution in [1.82, 2.24) is 4.98 Å². The van der Waals surface area contributed by atoms with Crippen molar-refractivity contribution in [2.75, 3.05) is 0 Å². The zero-order chi connectivity index (χ0) is 9.84. The molecule has 0 aliphatic carbocycles. The van der Waals surface area contributed by atoms with Gasteiger partial charge in [0.2, 0.25) is 0 Å². The summed E-state index contributed by atoms with van der Waals surface area (Å²) in [5, 5.41) is 17.2. The monoisotopic (exact) mass is 177 g/mol. The van der Waals surface area contributed by atoms with Gasteiger partial charge in [-0.2, -0.15) is 5.26 Å². The molecule has 1 aromatic rings. The summed E-state index contributed by atoms with van der Waals surface area (Å²) in [5.41, 5.74) is 5.61. The largest absolute Gasteiger partial charge is 0.480 e. The van der Waals surface area contributed by atoms with Gasteiger partial charge in [0.15, 0.2) is 0 Å². The molecular formula is C8H7N3O2. The van der Waals surface area contributed by atoms with Crippen LogP contribution in [0, 0.1) is 11.3 Å². The van der Waals surface area contributed by atoms with Gasteiger partial charge in [0.05, 0.1) is 0 Å². The highest BCUT2D eigenvalue weighted by molar-refractivity contribution is 5.75. The van der Waals surface area contributed by atoms with Gasteiger partial charge in [-0.1, -0.05) is 6.07 Å². The van der Waals surface area contributed by atoms with E-state index in [0.717, 1.165) is 0 Å². The Kier molecular flexibility index (Phi) is 2.57. The number of nitriles is 1. The number of aromatic nitrogens is 1. The fourth-order valence-electron chi connectivity index (χ4n) is 0.895. The summed E-state index contributed by atoms with van der Waals surface area (Å²) < 4.78 is 0. The van der Waals surface area contributed by atoms with E-state index in [1.165, 1.54) is 12.3 Å². The SMILES string of the molecule is N#Cc1ncccc1[C@H](N)C(=O)O. The lowest BCUT2D eigenvalue weighted by atomic mass is 10.1. The van der Waals surface area contributed by atoms with E-state index in [9.17, 15) is 4.79 Å². The summed E-state index contributed by atoms with van der Waals surface area (Å²) in [4.78, 5) is 14.2. The summed E-state index contributed by atoms with van der Waals surface area (Å²) in [5.74, 6) is -1.18. The molecule has 3 N–H and O–H groups in total. The summed E-state index contributed by atoms with van der Waals surface area (Å²) in [6, 6.07) is 3.60. The topological polar surface area (TPSA) is 100 Å². The molecule has 0 spiro atoms. The van der Waals surface area contributed by atoms with E-state index in [1.807, 2.05) is 0 Å². The normalized spacial score (nSPS) is 11.7. The number of pyridine rings is 1. The molecule has 13 heavy (non-hydrogen) atoms.